The van der Waals surface area contributed by atoms with Crippen LogP contribution in [0.2, 0.25) is 0 Å². The normalized spacial score (nSPS) is 18.7. The van der Waals surface area contributed by atoms with Crippen molar-refractivity contribution in [2.24, 2.45) is 10.1 Å². The van der Waals surface area contributed by atoms with Gasteiger partial charge in [-0.3, -0.25) is 14.5 Å². The van der Waals surface area contributed by atoms with Crippen LogP contribution in [0.5, 0.6) is 0 Å². The first-order valence-electron chi connectivity index (χ1n) is 11.8. The molecule has 2 atom stereocenters. The number of amidine groups is 1. The van der Waals surface area contributed by atoms with Crippen LogP contribution < -0.4 is 5.32 Å². The van der Waals surface area contributed by atoms with Gasteiger partial charge in [-0.1, -0.05) is 19.1 Å². The number of aromatic nitrogens is 2. The molecule has 4 rings (SSSR count). The Kier molecular flexibility index (Phi) is 6.97. The topological polar surface area (TPSA) is 95.1 Å². The molecule has 0 radical (unpaired) electrons. The summed E-state index contributed by atoms with van der Waals surface area (Å²) in [6, 6.07) is 1.83. The molecule has 2 N–H and O–H groups in total. The van der Waals surface area contributed by atoms with E-state index in [1.165, 1.54) is 19.1 Å². The van der Waals surface area contributed by atoms with Crippen molar-refractivity contribution < 1.29 is 27.5 Å². The molecule has 0 saturated heterocycles. The fourth-order valence-corrected chi connectivity index (χ4v) is 4.19. The van der Waals surface area contributed by atoms with Crippen molar-refractivity contribution in [1.29, 1.82) is 0 Å². The summed E-state index contributed by atoms with van der Waals surface area (Å²) < 4.78 is 55.7. The highest BCUT2D eigenvalue weighted by Gasteiger charge is 2.37. The summed E-state index contributed by atoms with van der Waals surface area (Å²) in [7, 11) is 0. The number of benzene rings is 1. The van der Waals surface area contributed by atoms with Gasteiger partial charge in [-0.15, -0.1) is 0 Å². The van der Waals surface area contributed by atoms with E-state index < -0.39 is 35.1 Å². The number of alkyl halides is 3. The van der Waals surface area contributed by atoms with Gasteiger partial charge in [0.15, 0.2) is 5.84 Å². The van der Waals surface area contributed by atoms with Crippen LogP contribution in [0.1, 0.15) is 56.8 Å². The van der Waals surface area contributed by atoms with E-state index in [4.69, 9.17) is 0 Å². The van der Waals surface area contributed by atoms with E-state index in [0.717, 1.165) is 12.5 Å². The van der Waals surface area contributed by atoms with Gasteiger partial charge in [-0.2, -0.15) is 23.4 Å². The number of hydrazone groups is 1. The van der Waals surface area contributed by atoms with Crippen LogP contribution in [-0.4, -0.2) is 55.5 Å². The molecule has 0 fully saturated rings. The quantitative estimate of drug-likeness (QED) is 0.543. The molecule has 2 aromatic rings. The molecular weight excluding hydrogens is 492 g/mol. The van der Waals surface area contributed by atoms with Crippen molar-refractivity contribution in [3.63, 3.8) is 0 Å². The van der Waals surface area contributed by atoms with Crippen molar-refractivity contribution in [2.75, 3.05) is 6.54 Å². The second kappa shape index (κ2) is 9.73. The Morgan fingerprint density at radius 2 is 2.03 bits per heavy atom. The average molecular weight is 521 g/mol. The zero-order valence-corrected chi connectivity index (χ0v) is 20.8. The predicted octanol–water partition coefficient (Wildman–Crippen LogP) is 3.83. The number of fused-ring (bicyclic) bond motifs is 1. The van der Waals surface area contributed by atoms with Gasteiger partial charge in [-0.25, -0.2) is 9.40 Å². The van der Waals surface area contributed by atoms with Crippen molar-refractivity contribution in [1.82, 2.24) is 20.1 Å². The molecule has 1 aromatic heterocycles. The van der Waals surface area contributed by atoms with E-state index in [0.29, 0.717) is 29.7 Å². The van der Waals surface area contributed by atoms with E-state index in [-0.39, 0.29) is 23.7 Å². The van der Waals surface area contributed by atoms with Gasteiger partial charge in [0.1, 0.15) is 5.82 Å². The summed E-state index contributed by atoms with van der Waals surface area (Å²) in [6.45, 7) is 7.38. The lowest BCUT2D eigenvalue weighted by Crippen LogP contribution is -2.38. The highest BCUT2D eigenvalue weighted by Crippen LogP contribution is 2.34. The summed E-state index contributed by atoms with van der Waals surface area (Å²) in [4.78, 5) is 17.9. The monoisotopic (exact) mass is 520 g/mol. The van der Waals surface area contributed by atoms with Crippen molar-refractivity contribution in [2.45, 2.75) is 64.5 Å². The Bertz CT molecular complexity index is 1290. The van der Waals surface area contributed by atoms with Crippen molar-refractivity contribution >= 4 is 17.5 Å². The number of rotatable bonds is 7. The summed E-state index contributed by atoms with van der Waals surface area (Å²) >= 11 is 0. The van der Waals surface area contributed by atoms with Crippen molar-refractivity contribution in [3.8, 4) is 0 Å². The summed E-state index contributed by atoms with van der Waals surface area (Å²) in [5.41, 5.74) is -1.46. The molecule has 0 unspecified atom stereocenters. The lowest BCUT2D eigenvalue weighted by molar-refractivity contribution is -0.140. The zero-order chi connectivity index (χ0) is 27.1. The Hall–Kier alpha value is -3.54. The number of aliphatic imine (C=N–C) groups is 1. The van der Waals surface area contributed by atoms with Gasteiger partial charge in [0, 0.05) is 17.3 Å². The van der Waals surface area contributed by atoms with E-state index >= 15 is 0 Å². The third-order valence-electron chi connectivity index (χ3n) is 6.03. The molecule has 0 spiro atoms. The first-order valence-corrected chi connectivity index (χ1v) is 11.8. The third-order valence-corrected chi connectivity index (χ3v) is 6.03. The van der Waals surface area contributed by atoms with Crippen LogP contribution in [0.15, 0.2) is 52.3 Å². The SMILES string of the molecule is CC[C@@H]1CN2N=C(c3cnn(CC(C)(C)O)c3)C=C(C(=O)N[C@H](C)c3cccc(C(F)(F)F)c3F)C2=N1. The molecule has 37 heavy (non-hydrogen) atoms. The van der Waals surface area contributed by atoms with Crippen LogP contribution in [0.25, 0.3) is 0 Å². The van der Waals surface area contributed by atoms with Gasteiger partial charge in [0.2, 0.25) is 0 Å². The van der Waals surface area contributed by atoms with Gasteiger partial charge in [0.05, 0.1) is 53.8 Å². The minimum atomic E-state index is -4.86. The van der Waals surface area contributed by atoms with Crippen LogP contribution in [0, 0.1) is 5.82 Å². The fourth-order valence-electron chi connectivity index (χ4n) is 4.19. The Morgan fingerprint density at radius 1 is 1.30 bits per heavy atom. The molecular formula is C25H28F4N6O2. The number of hydrogen-bond donors (Lipinski definition) is 2. The Labute approximate surface area is 211 Å². The number of allylic oxidation sites excluding steroid dienone is 1. The maximum Gasteiger partial charge on any atom is 0.419 e. The average Bonchev–Trinajstić information content (AvgIpc) is 3.42. The molecule has 1 amide bonds. The van der Waals surface area contributed by atoms with Gasteiger partial charge < -0.3 is 10.4 Å². The maximum atomic E-state index is 14.7. The smallest absolute Gasteiger partial charge is 0.389 e. The van der Waals surface area contributed by atoms with E-state index in [9.17, 15) is 27.5 Å². The zero-order valence-electron chi connectivity index (χ0n) is 20.8. The molecule has 0 bridgehead atoms. The molecule has 2 aliphatic rings. The van der Waals surface area contributed by atoms with Gasteiger partial charge >= 0.3 is 6.18 Å². The number of hydrogen-bond acceptors (Lipinski definition) is 6. The lowest BCUT2D eigenvalue weighted by atomic mass is 10.0. The lowest BCUT2D eigenvalue weighted by Gasteiger charge is -2.24. The molecule has 8 nitrogen and oxygen atoms in total. The Balaban J connectivity index is 1.63. The number of carbonyl (C=O) groups is 1. The molecule has 1 aromatic carbocycles. The number of nitrogens with zero attached hydrogens (tertiary/aromatic N) is 5. The second-order valence-corrected chi connectivity index (χ2v) is 9.78. The standard InChI is InChI=1S/C25H28F4N6O2/c1-5-16-12-35-22(32-16)18(9-20(33-35)15-10-30-34(11-15)13-24(3,4)37)23(36)31-14(2)17-7-6-8-19(21(17)26)25(27,28)29/h6-11,14,16,37H,5,12-13H2,1-4H3,(H,31,36)/t14-,16-/m1/s1. The van der Waals surface area contributed by atoms with Crippen LogP contribution in [0.4, 0.5) is 17.6 Å². The second-order valence-electron chi connectivity index (χ2n) is 9.78. The molecule has 3 heterocycles. The Morgan fingerprint density at radius 3 is 2.68 bits per heavy atom. The molecule has 198 valence electrons. The summed E-state index contributed by atoms with van der Waals surface area (Å²) in [6.07, 6.45) is 0.648. The van der Waals surface area contributed by atoms with Crippen LogP contribution in [0.3, 0.4) is 0 Å². The number of amides is 1. The van der Waals surface area contributed by atoms with Crippen LogP contribution in [-0.2, 0) is 17.5 Å². The number of halogens is 4. The van der Waals surface area contributed by atoms with Crippen LogP contribution >= 0.6 is 0 Å². The minimum absolute atomic E-state index is 0.0921. The minimum Gasteiger partial charge on any atom is -0.389 e. The number of nitrogens with one attached hydrogen (secondary N) is 1. The van der Waals surface area contributed by atoms with E-state index in [1.54, 1.807) is 35.9 Å². The molecule has 0 saturated carbocycles. The van der Waals surface area contributed by atoms with E-state index in [1.807, 2.05) is 6.92 Å². The van der Waals surface area contributed by atoms with Crippen molar-refractivity contribution in [3.05, 3.63) is 64.7 Å². The first kappa shape index (κ1) is 26.5. The van der Waals surface area contributed by atoms with Gasteiger partial charge in [0.25, 0.3) is 5.91 Å². The largest absolute Gasteiger partial charge is 0.419 e. The molecule has 0 aliphatic carbocycles. The fraction of sp³-hybridized carbons (Fsp3) is 0.440. The first-order chi connectivity index (χ1) is 17.3. The number of aliphatic hydroxyl groups is 1. The summed E-state index contributed by atoms with van der Waals surface area (Å²) in [5, 5.41) is 23.2. The molecule has 12 heteroatoms. The highest BCUT2D eigenvalue weighted by molar-refractivity contribution is 6.28. The van der Waals surface area contributed by atoms with E-state index in [2.05, 4.69) is 20.5 Å². The molecule has 2 aliphatic heterocycles. The highest BCUT2D eigenvalue weighted by atomic mass is 19.4. The maximum absolute atomic E-state index is 14.7. The predicted molar refractivity (Wildman–Crippen MR) is 129 cm³/mol. The number of carbonyl (C=O) groups excluding carboxylic acids is 1. The third kappa shape index (κ3) is 5.74. The summed E-state index contributed by atoms with van der Waals surface area (Å²) in [5.74, 6) is -1.71. The van der Waals surface area contributed by atoms with Gasteiger partial charge in [-0.05, 0) is 39.3 Å².